The quantitative estimate of drug-likeness (QED) is 0.900. The Kier molecular flexibility index (Phi) is 5.93. The van der Waals surface area contributed by atoms with Gasteiger partial charge >= 0.3 is 6.09 Å². The fraction of sp³-hybridized carbons (Fsp3) is 0.611. The van der Waals surface area contributed by atoms with Crippen LogP contribution in [0.1, 0.15) is 39.2 Å². The maximum Gasteiger partial charge on any atom is 0.404 e. The molecule has 4 nitrogen and oxygen atoms in total. The van der Waals surface area contributed by atoms with Crippen molar-refractivity contribution in [1.82, 2.24) is 4.90 Å². The molecule has 1 aromatic rings. The summed E-state index contributed by atoms with van der Waals surface area (Å²) in [6, 6.07) is 8.01. The van der Waals surface area contributed by atoms with Gasteiger partial charge in [-0.05, 0) is 55.0 Å². The Bertz CT molecular complexity index is 517. The number of ether oxygens (including phenoxy) is 1. The summed E-state index contributed by atoms with van der Waals surface area (Å²) in [4.78, 5) is 13.6. The number of nitrogens with two attached hydrogens (primary N) is 1. The maximum absolute atomic E-state index is 11.2. The zero-order valence-electron chi connectivity index (χ0n) is 14.2. The number of amides is 1. The van der Waals surface area contributed by atoms with Crippen molar-refractivity contribution in [3.63, 3.8) is 0 Å². The second kappa shape index (κ2) is 7.54. The number of carbonyl (C=O) groups excluding carboxylic acids is 1. The molecule has 1 aliphatic rings. The molecule has 1 heterocycles. The van der Waals surface area contributed by atoms with Crippen molar-refractivity contribution in [2.45, 2.75) is 46.3 Å². The van der Waals surface area contributed by atoms with Crippen molar-refractivity contribution in [1.29, 1.82) is 0 Å². The van der Waals surface area contributed by atoms with Crippen LogP contribution in [0.3, 0.4) is 0 Å². The molecule has 1 aromatic carbocycles. The monoisotopic (exact) mass is 338 g/mol. The Morgan fingerprint density at radius 3 is 2.35 bits per heavy atom. The van der Waals surface area contributed by atoms with E-state index in [0.717, 1.165) is 37.5 Å². The molecule has 5 heteroatoms. The first-order chi connectivity index (χ1) is 10.8. The highest BCUT2D eigenvalue weighted by atomic mass is 35.5. The molecule has 0 spiro atoms. The zero-order valence-corrected chi connectivity index (χ0v) is 15.0. The number of primary amides is 1. The third kappa shape index (κ3) is 5.40. The second-order valence-corrected chi connectivity index (χ2v) is 7.90. The van der Waals surface area contributed by atoms with Crippen LogP contribution < -0.4 is 5.73 Å². The Balaban J connectivity index is 1.91. The Morgan fingerprint density at radius 2 is 1.87 bits per heavy atom. The number of carbonyl (C=O) groups is 1. The zero-order chi connectivity index (χ0) is 17.0. The molecule has 2 N–H and O–H groups in total. The normalized spacial score (nSPS) is 18.6. The number of hydrogen-bond acceptors (Lipinski definition) is 3. The van der Waals surface area contributed by atoms with Gasteiger partial charge in [-0.1, -0.05) is 44.5 Å². The van der Waals surface area contributed by atoms with Crippen molar-refractivity contribution in [3.8, 4) is 0 Å². The molecule has 23 heavy (non-hydrogen) atoms. The number of rotatable bonds is 4. The average molecular weight is 339 g/mol. The first-order valence-corrected chi connectivity index (χ1v) is 8.56. The number of piperidine rings is 1. The van der Waals surface area contributed by atoms with Crippen LogP contribution in [0.2, 0.25) is 5.02 Å². The predicted molar refractivity (Wildman–Crippen MR) is 93.4 cm³/mol. The van der Waals surface area contributed by atoms with Gasteiger partial charge in [-0.25, -0.2) is 4.79 Å². The van der Waals surface area contributed by atoms with E-state index in [1.807, 2.05) is 12.1 Å². The molecular weight excluding hydrogens is 312 g/mol. The SMILES string of the molecule is CC(C)(C)C(OC(N)=O)C1CCN(Cc2ccc(Cl)cc2)CC1. The number of benzene rings is 1. The van der Waals surface area contributed by atoms with Crippen LogP contribution >= 0.6 is 11.6 Å². The molecule has 1 saturated heterocycles. The van der Waals surface area contributed by atoms with E-state index >= 15 is 0 Å². The molecule has 1 aliphatic heterocycles. The summed E-state index contributed by atoms with van der Waals surface area (Å²) in [5, 5.41) is 0.768. The minimum Gasteiger partial charge on any atom is -0.446 e. The number of halogens is 1. The van der Waals surface area contributed by atoms with E-state index in [2.05, 4.69) is 37.8 Å². The van der Waals surface area contributed by atoms with E-state index in [-0.39, 0.29) is 11.5 Å². The van der Waals surface area contributed by atoms with Crippen molar-refractivity contribution < 1.29 is 9.53 Å². The van der Waals surface area contributed by atoms with E-state index in [1.165, 1.54) is 5.56 Å². The molecule has 0 radical (unpaired) electrons. The molecule has 0 saturated carbocycles. The highest BCUT2D eigenvalue weighted by molar-refractivity contribution is 6.30. The van der Waals surface area contributed by atoms with Gasteiger partial charge in [0.1, 0.15) is 6.10 Å². The predicted octanol–water partition coefficient (Wildman–Crippen LogP) is 4.06. The highest BCUT2D eigenvalue weighted by Crippen LogP contribution is 2.34. The van der Waals surface area contributed by atoms with E-state index < -0.39 is 6.09 Å². The fourth-order valence-electron chi connectivity index (χ4n) is 3.37. The molecule has 1 fully saturated rings. The lowest BCUT2D eigenvalue weighted by Crippen LogP contribution is -2.45. The van der Waals surface area contributed by atoms with E-state index in [4.69, 9.17) is 22.1 Å². The van der Waals surface area contributed by atoms with E-state index in [9.17, 15) is 4.79 Å². The lowest BCUT2D eigenvalue weighted by molar-refractivity contribution is -0.0245. The number of hydrogen-bond donors (Lipinski definition) is 1. The van der Waals surface area contributed by atoms with Gasteiger partial charge in [0.05, 0.1) is 0 Å². The van der Waals surface area contributed by atoms with Crippen LogP contribution in [-0.2, 0) is 11.3 Å². The van der Waals surface area contributed by atoms with Crippen LogP contribution in [0.25, 0.3) is 0 Å². The first-order valence-electron chi connectivity index (χ1n) is 8.18. The Morgan fingerprint density at radius 1 is 1.30 bits per heavy atom. The molecule has 128 valence electrons. The van der Waals surface area contributed by atoms with Gasteiger partial charge in [0.2, 0.25) is 0 Å². The summed E-state index contributed by atoms with van der Waals surface area (Å²) in [6.07, 6.45) is 1.23. The molecule has 1 amide bonds. The summed E-state index contributed by atoms with van der Waals surface area (Å²) in [5.41, 5.74) is 6.43. The van der Waals surface area contributed by atoms with Crippen molar-refractivity contribution in [3.05, 3.63) is 34.9 Å². The number of nitrogens with zero attached hydrogens (tertiary/aromatic N) is 1. The first kappa shape index (κ1) is 18.1. The third-order valence-electron chi connectivity index (χ3n) is 4.48. The van der Waals surface area contributed by atoms with Crippen LogP contribution in [0, 0.1) is 11.3 Å². The molecular formula is C18H27ClN2O2. The van der Waals surface area contributed by atoms with Crippen molar-refractivity contribution >= 4 is 17.7 Å². The molecule has 1 atom stereocenters. The minimum atomic E-state index is -0.673. The lowest BCUT2D eigenvalue weighted by atomic mass is 9.77. The van der Waals surface area contributed by atoms with E-state index in [1.54, 1.807) is 0 Å². The third-order valence-corrected chi connectivity index (χ3v) is 4.73. The molecule has 0 aliphatic carbocycles. The summed E-state index contributed by atoms with van der Waals surface area (Å²) >= 11 is 5.93. The minimum absolute atomic E-state index is 0.0992. The lowest BCUT2D eigenvalue weighted by Gasteiger charge is -2.40. The van der Waals surface area contributed by atoms with Crippen molar-refractivity contribution in [2.75, 3.05) is 13.1 Å². The van der Waals surface area contributed by atoms with Gasteiger partial charge in [-0.2, -0.15) is 0 Å². The van der Waals surface area contributed by atoms with Gasteiger partial charge < -0.3 is 10.5 Å². The average Bonchev–Trinajstić information content (AvgIpc) is 2.47. The van der Waals surface area contributed by atoms with Gasteiger partial charge in [-0.15, -0.1) is 0 Å². The summed E-state index contributed by atoms with van der Waals surface area (Å²) in [5.74, 6) is 0.365. The van der Waals surface area contributed by atoms with Crippen molar-refractivity contribution in [2.24, 2.45) is 17.1 Å². The molecule has 0 bridgehead atoms. The maximum atomic E-state index is 11.2. The smallest absolute Gasteiger partial charge is 0.404 e. The Hall–Kier alpha value is -1.26. The standard InChI is InChI=1S/C18H27ClN2O2/c1-18(2,3)16(23-17(20)22)14-8-10-21(11-9-14)12-13-4-6-15(19)7-5-13/h4-7,14,16H,8-12H2,1-3H3,(H2,20,22). The largest absolute Gasteiger partial charge is 0.446 e. The topological polar surface area (TPSA) is 55.6 Å². The van der Waals surface area contributed by atoms with Gasteiger partial charge in [-0.3, -0.25) is 4.90 Å². The second-order valence-electron chi connectivity index (χ2n) is 7.46. The van der Waals surface area contributed by atoms with Crippen LogP contribution in [-0.4, -0.2) is 30.2 Å². The number of likely N-dealkylation sites (tertiary alicyclic amines) is 1. The summed E-state index contributed by atoms with van der Waals surface area (Å²) in [6.45, 7) is 9.23. The molecule has 2 rings (SSSR count). The van der Waals surface area contributed by atoms with Crippen LogP contribution in [0.5, 0.6) is 0 Å². The molecule has 0 aromatic heterocycles. The molecule has 1 unspecified atom stereocenters. The fourth-order valence-corrected chi connectivity index (χ4v) is 3.49. The van der Waals surface area contributed by atoms with Gasteiger partial charge in [0.15, 0.2) is 0 Å². The van der Waals surface area contributed by atoms with Crippen LogP contribution in [0.4, 0.5) is 4.79 Å². The Labute approximate surface area is 143 Å². The summed E-state index contributed by atoms with van der Waals surface area (Å²) in [7, 11) is 0. The summed E-state index contributed by atoms with van der Waals surface area (Å²) < 4.78 is 5.43. The van der Waals surface area contributed by atoms with Crippen LogP contribution in [0.15, 0.2) is 24.3 Å². The highest BCUT2D eigenvalue weighted by Gasteiger charge is 2.36. The van der Waals surface area contributed by atoms with Gasteiger partial charge in [0.25, 0.3) is 0 Å². The van der Waals surface area contributed by atoms with E-state index in [0.29, 0.717) is 5.92 Å². The van der Waals surface area contributed by atoms with Gasteiger partial charge in [0, 0.05) is 11.6 Å².